The van der Waals surface area contributed by atoms with Crippen LogP contribution in [0.2, 0.25) is 0 Å². The lowest BCUT2D eigenvalue weighted by atomic mass is 9.86. The molecule has 0 aromatic heterocycles. The second-order valence-corrected chi connectivity index (χ2v) is 6.57. The van der Waals surface area contributed by atoms with Crippen molar-refractivity contribution in [1.82, 2.24) is 0 Å². The Morgan fingerprint density at radius 1 is 1.05 bits per heavy atom. The quantitative estimate of drug-likeness (QED) is 0.611. The minimum absolute atomic E-state index is 0.658. The fourth-order valence-corrected chi connectivity index (χ4v) is 2.84. The summed E-state index contributed by atoms with van der Waals surface area (Å²) in [5.41, 5.74) is 4.37. The van der Waals surface area contributed by atoms with E-state index in [9.17, 15) is 0 Å². The van der Waals surface area contributed by atoms with E-state index in [0.29, 0.717) is 11.8 Å². The molecule has 1 aromatic carbocycles. The van der Waals surface area contributed by atoms with Gasteiger partial charge in [-0.2, -0.15) is 0 Å². The maximum atomic E-state index is 2.44. The van der Waals surface area contributed by atoms with Crippen molar-refractivity contribution in [3.63, 3.8) is 0 Å². The van der Waals surface area contributed by atoms with Gasteiger partial charge in [-0.15, -0.1) is 0 Å². The molecule has 0 radical (unpaired) electrons. The predicted octanol–water partition coefficient (Wildman–Crippen LogP) is 6.04. The van der Waals surface area contributed by atoms with Crippen LogP contribution in [0.5, 0.6) is 0 Å². The summed E-state index contributed by atoms with van der Waals surface area (Å²) in [6.07, 6.45) is 10.9. The standard InChI is InChI=1S/C20H28/c1-15-5-11-19(12-6-15)17(3)9-10-18(4)20-13-7-16(2)8-14-20/h5-7,11-14,16-18H,8-10H2,1-4H3. The average Bonchev–Trinajstić information content (AvgIpc) is 2.46. The van der Waals surface area contributed by atoms with Gasteiger partial charge in [-0.1, -0.05) is 68.8 Å². The Hall–Kier alpha value is -1.30. The van der Waals surface area contributed by atoms with Crippen molar-refractivity contribution in [2.75, 3.05) is 0 Å². The summed E-state index contributed by atoms with van der Waals surface area (Å²) in [5, 5.41) is 0. The molecular formula is C20H28. The summed E-state index contributed by atoms with van der Waals surface area (Å²) in [7, 11) is 0. The van der Waals surface area contributed by atoms with Crippen LogP contribution in [-0.4, -0.2) is 0 Å². The van der Waals surface area contributed by atoms with Crippen molar-refractivity contribution in [3.8, 4) is 0 Å². The summed E-state index contributed by atoms with van der Waals surface area (Å²) < 4.78 is 0. The molecule has 0 fully saturated rings. The van der Waals surface area contributed by atoms with Gasteiger partial charge in [0.05, 0.1) is 0 Å². The molecule has 3 atom stereocenters. The highest BCUT2D eigenvalue weighted by Crippen LogP contribution is 2.28. The Bertz CT molecular complexity index is 475. The monoisotopic (exact) mass is 268 g/mol. The lowest BCUT2D eigenvalue weighted by Crippen LogP contribution is -2.05. The molecule has 20 heavy (non-hydrogen) atoms. The topological polar surface area (TPSA) is 0 Å². The fraction of sp³-hybridized carbons (Fsp3) is 0.500. The third-order valence-corrected chi connectivity index (χ3v) is 4.59. The fourth-order valence-electron chi connectivity index (χ4n) is 2.84. The lowest BCUT2D eigenvalue weighted by Gasteiger charge is -2.20. The van der Waals surface area contributed by atoms with Crippen LogP contribution in [-0.2, 0) is 0 Å². The lowest BCUT2D eigenvalue weighted by molar-refractivity contribution is 0.535. The minimum Gasteiger partial charge on any atom is -0.0811 e. The molecule has 0 heteroatoms. The Morgan fingerprint density at radius 3 is 2.30 bits per heavy atom. The van der Waals surface area contributed by atoms with Gasteiger partial charge in [0.2, 0.25) is 0 Å². The molecule has 108 valence electrons. The van der Waals surface area contributed by atoms with Crippen molar-refractivity contribution >= 4 is 0 Å². The maximum Gasteiger partial charge on any atom is -0.0190 e. The predicted molar refractivity (Wildman–Crippen MR) is 89.0 cm³/mol. The first-order chi connectivity index (χ1) is 9.56. The first-order valence-corrected chi connectivity index (χ1v) is 8.01. The second kappa shape index (κ2) is 6.92. The van der Waals surface area contributed by atoms with Gasteiger partial charge in [-0.25, -0.2) is 0 Å². The highest BCUT2D eigenvalue weighted by atomic mass is 14.2. The molecule has 0 N–H and O–H groups in total. The van der Waals surface area contributed by atoms with Crippen LogP contribution in [0.4, 0.5) is 0 Å². The first-order valence-electron chi connectivity index (χ1n) is 8.01. The maximum absolute atomic E-state index is 2.44. The zero-order valence-electron chi connectivity index (χ0n) is 13.4. The van der Waals surface area contributed by atoms with Crippen molar-refractivity contribution in [1.29, 1.82) is 0 Å². The molecular weight excluding hydrogens is 240 g/mol. The van der Waals surface area contributed by atoms with Crippen LogP contribution in [0.15, 0.2) is 48.1 Å². The molecule has 0 spiro atoms. The highest BCUT2D eigenvalue weighted by molar-refractivity contribution is 5.26. The molecule has 0 heterocycles. The van der Waals surface area contributed by atoms with Crippen LogP contribution in [0.25, 0.3) is 0 Å². The van der Waals surface area contributed by atoms with E-state index in [0.717, 1.165) is 5.92 Å². The Balaban J connectivity index is 1.85. The number of rotatable bonds is 5. The SMILES string of the molecule is Cc1ccc(C(C)CCC(C)C2=CCC(C)C=C2)cc1. The van der Waals surface area contributed by atoms with E-state index in [2.05, 4.69) is 70.2 Å². The van der Waals surface area contributed by atoms with Crippen LogP contribution in [0.3, 0.4) is 0 Å². The van der Waals surface area contributed by atoms with Gasteiger partial charge in [0.25, 0.3) is 0 Å². The van der Waals surface area contributed by atoms with E-state index in [1.54, 1.807) is 5.57 Å². The first kappa shape index (κ1) is 15.1. The van der Waals surface area contributed by atoms with Crippen molar-refractivity contribution in [3.05, 3.63) is 59.2 Å². The highest BCUT2D eigenvalue weighted by Gasteiger charge is 2.13. The average molecular weight is 268 g/mol. The Kier molecular flexibility index (Phi) is 5.23. The van der Waals surface area contributed by atoms with Crippen LogP contribution in [0, 0.1) is 18.8 Å². The van der Waals surface area contributed by atoms with E-state index in [-0.39, 0.29) is 0 Å². The molecule has 0 saturated carbocycles. The minimum atomic E-state index is 0.658. The molecule has 1 aliphatic rings. The summed E-state index contributed by atoms with van der Waals surface area (Å²) >= 11 is 0. The zero-order valence-corrected chi connectivity index (χ0v) is 13.4. The third-order valence-electron chi connectivity index (χ3n) is 4.59. The number of benzene rings is 1. The van der Waals surface area contributed by atoms with Gasteiger partial charge in [-0.05, 0) is 55.1 Å². The van der Waals surface area contributed by atoms with Crippen LogP contribution in [0.1, 0.15) is 57.1 Å². The Morgan fingerprint density at radius 2 is 1.70 bits per heavy atom. The summed E-state index contributed by atoms with van der Waals surface area (Å²) in [6.45, 7) is 9.16. The number of aryl methyl sites for hydroxylation is 1. The number of allylic oxidation sites excluding steroid dienone is 4. The van der Waals surface area contributed by atoms with Gasteiger partial charge >= 0.3 is 0 Å². The largest absolute Gasteiger partial charge is 0.0811 e. The molecule has 0 amide bonds. The van der Waals surface area contributed by atoms with E-state index >= 15 is 0 Å². The number of hydrogen-bond acceptors (Lipinski definition) is 0. The Labute approximate surface area is 124 Å². The third kappa shape index (κ3) is 4.10. The van der Waals surface area contributed by atoms with E-state index in [1.165, 1.54) is 30.4 Å². The second-order valence-electron chi connectivity index (χ2n) is 6.57. The number of hydrogen-bond donors (Lipinski definition) is 0. The normalized spacial score (nSPS) is 21.4. The van der Waals surface area contributed by atoms with E-state index < -0.39 is 0 Å². The molecule has 0 aliphatic heterocycles. The van der Waals surface area contributed by atoms with Crippen molar-refractivity contribution in [2.24, 2.45) is 11.8 Å². The van der Waals surface area contributed by atoms with Gasteiger partial charge in [-0.3, -0.25) is 0 Å². The smallest absolute Gasteiger partial charge is 0.0190 e. The van der Waals surface area contributed by atoms with Gasteiger partial charge in [0.15, 0.2) is 0 Å². The van der Waals surface area contributed by atoms with Crippen LogP contribution < -0.4 is 0 Å². The molecule has 1 aliphatic carbocycles. The zero-order chi connectivity index (χ0) is 14.5. The molecule has 0 saturated heterocycles. The van der Waals surface area contributed by atoms with Crippen molar-refractivity contribution in [2.45, 2.75) is 52.9 Å². The molecule has 3 unspecified atom stereocenters. The van der Waals surface area contributed by atoms with Gasteiger partial charge in [0, 0.05) is 0 Å². The molecule has 2 rings (SSSR count). The molecule has 0 nitrogen and oxygen atoms in total. The van der Waals surface area contributed by atoms with Crippen molar-refractivity contribution < 1.29 is 0 Å². The summed E-state index contributed by atoms with van der Waals surface area (Å²) in [5.74, 6) is 2.06. The van der Waals surface area contributed by atoms with Gasteiger partial charge < -0.3 is 0 Å². The van der Waals surface area contributed by atoms with E-state index in [1.807, 2.05) is 0 Å². The van der Waals surface area contributed by atoms with E-state index in [4.69, 9.17) is 0 Å². The van der Waals surface area contributed by atoms with Gasteiger partial charge in [0.1, 0.15) is 0 Å². The molecule has 0 bridgehead atoms. The van der Waals surface area contributed by atoms with Crippen LogP contribution >= 0.6 is 0 Å². The molecule has 1 aromatic rings. The summed E-state index contributed by atoms with van der Waals surface area (Å²) in [6, 6.07) is 9.02. The summed E-state index contributed by atoms with van der Waals surface area (Å²) in [4.78, 5) is 0.